The van der Waals surface area contributed by atoms with E-state index in [1.165, 1.54) is 32.0 Å². The van der Waals surface area contributed by atoms with Crippen molar-refractivity contribution in [3.63, 3.8) is 0 Å². The largest absolute Gasteiger partial charge is 0.326 e. The van der Waals surface area contributed by atoms with Crippen LogP contribution in [0.1, 0.15) is 18.9 Å². The third kappa shape index (κ3) is 3.94. The molecule has 0 aliphatic carbocycles. The van der Waals surface area contributed by atoms with Crippen LogP contribution in [0, 0.1) is 6.92 Å². The Kier molecular flexibility index (Phi) is 4.20. The molecule has 1 aromatic carbocycles. The number of carbonyl (C=O) groups excluding carboxylic acids is 2. The van der Waals surface area contributed by atoms with Gasteiger partial charge in [-0.05, 0) is 37.6 Å². The molecule has 0 radical (unpaired) electrons. The topological polar surface area (TPSA) is 101 Å². The lowest BCUT2D eigenvalue weighted by atomic mass is 10.2. The maximum absolute atomic E-state index is 11.3. The van der Waals surface area contributed by atoms with Crippen LogP contribution in [0.2, 0.25) is 0 Å². The predicted molar refractivity (Wildman–Crippen MR) is 64.9 cm³/mol. The van der Waals surface area contributed by atoms with Crippen molar-refractivity contribution in [2.75, 3.05) is 5.32 Å². The zero-order valence-electron chi connectivity index (χ0n) is 9.93. The first-order valence-electron chi connectivity index (χ1n) is 5.07. The van der Waals surface area contributed by atoms with Crippen molar-refractivity contribution in [3.05, 3.63) is 23.8 Å². The van der Waals surface area contributed by atoms with E-state index < -0.39 is 16.0 Å². The summed E-state index contributed by atoms with van der Waals surface area (Å²) in [7, 11) is -4.26. The number of hydrogen-bond donors (Lipinski definition) is 2. The summed E-state index contributed by atoms with van der Waals surface area (Å²) < 4.78 is 30.8. The summed E-state index contributed by atoms with van der Waals surface area (Å²) in [6.45, 7) is 2.79. The van der Waals surface area contributed by atoms with Gasteiger partial charge in [0.25, 0.3) is 10.1 Å². The van der Waals surface area contributed by atoms with Crippen LogP contribution in [0.4, 0.5) is 5.69 Å². The van der Waals surface area contributed by atoms with Crippen LogP contribution in [-0.4, -0.2) is 24.7 Å². The third-order valence-corrected chi connectivity index (χ3v) is 3.16. The monoisotopic (exact) mass is 271 g/mol. The van der Waals surface area contributed by atoms with Crippen LogP contribution < -0.4 is 5.32 Å². The Morgan fingerprint density at radius 1 is 1.33 bits per heavy atom. The summed E-state index contributed by atoms with van der Waals surface area (Å²) in [4.78, 5) is 21.8. The van der Waals surface area contributed by atoms with Gasteiger partial charge in [0, 0.05) is 5.69 Å². The molecule has 0 heterocycles. The van der Waals surface area contributed by atoms with Crippen molar-refractivity contribution >= 4 is 27.5 Å². The molecule has 0 aliphatic rings. The molecule has 2 N–H and O–H groups in total. The molecule has 0 fully saturated rings. The summed E-state index contributed by atoms with van der Waals surface area (Å²) in [5, 5.41) is 2.46. The van der Waals surface area contributed by atoms with Gasteiger partial charge in [0.15, 0.2) is 0 Å². The molecule has 0 saturated carbocycles. The van der Waals surface area contributed by atoms with Gasteiger partial charge in [-0.25, -0.2) is 0 Å². The molecule has 0 unspecified atom stereocenters. The van der Waals surface area contributed by atoms with Gasteiger partial charge in [-0.1, -0.05) is 0 Å². The summed E-state index contributed by atoms with van der Waals surface area (Å²) in [6.07, 6.45) is -0.237. The van der Waals surface area contributed by atoms with Crippen molar-refractivity contribution in [1.82, 2.24) is 0 Å². The van der Waals surface area contributed by atoms with E-state index in [2.05, 4.69) is 5.32 Å². The minimum Gasteiger partial charge on any atom is -0.326 e. The van der Waals surface area contributed by atoms with E-state index in [0.29, 0.717) is 11.3 Å². The number of benzene rings is 1. The van der Waals surface area contributed by atoms with Gasteiger partial charge in [0.05, 0.1) is 11.3 Å². The quantitative estimate of drug-likeness (QED) is 0.632. The molecule has 0 bridgehead atoms. The lowest BCUT2D eigenvalue weighted by Crippen LogP contribution is -2.15. The molecule has 6 nitrogen and oxygen atoms in total. The van der Waals surface area contributed by atoms with E-state index in [4.69, 9.17) is 4.55 Å². The van der Waals surface area contributed by atoms with Crippen molar-refractivity contribution < 1.29 is 22.6 Å². The molecule has 0 saturated heterocycles. The number of hydrogen-bond acceptors (Lipinski definition) is 4. The van der Waals surface area contributed by atoms with Crippen molar-refractivity contribution in [2.24, 2.45) is 0 Å². The maximum atomic E-state index is 11.3. The Morgan fingerprint density at radius 3 is 2.39 bits per heavy atom. The molecule has 1 rings (SSSR count). The van der Waals surface area contributed by atoms with Crippen LogP contribution in [0.15, 0.2) is 23.1 Å². The standard InChI is InChI=1S/C11H13NO5S/c1-7-5-9(12-11(14)6-8(2)13)3-4-10(7)18(15,16)17/h3-5H,6H2,1-2H3,(H,12,14)(H,15,16,17). The van der Waals surface area contributed by atoms with E-state index >= 15 is 0 Å². The molecule has 1 amide bonds. The molecule has 0 aromatic heterocycles. The molecule has 1 aromatic rings. The van der Waals surface area contributed by atoms with E-state index in [9.17, 15) is 18.0 Å². The Hall–Kier alpha value is -1.73. The zero-order valence-corrected chi connectivity index (χ0v) is 10.7. The fourth-order valence-corrected chi connectivity index (χ4v) is 2.15. The van der Waals surface area contributed by atoms with Gasteiger partial charge in [0.2, 0.25) is 5.91 Å². The minimum absolute atomic E-state index is 0.216. The van der Waals surface area contributed by atoms with Crippen LogP contribution in [0.5, 0.6) is 0 Å². The number of carbonyl (C=O) groups is 2. The summed E-state index contributed by atoms with van der Waals surface area (Å²) >= 11 is 0. The molecule has 0 spiro atoms. The van der Waals surface area contributed by atoms with E-state index in [1.54, 1.807) is 0 Å². The third-order valence-electron chi connectivity index (χ3n) is 2.15. The van der Waals surface area contributed by atoms with E-state index in [0.717, 1.165) is 0 Å². The second kappa shape index (κ2) is 5.28. The number of aryl methyl sites for hydroxylation is 1. The van der Waals surface area contributed by atoms with Gasteiger partial charge in [-0.3, -0.25) is 14.1 Å². The van der Waals surface area contributed by atoms with Crippen molar-refractivity contribution in [2.45, 2.75) is 25.2 Å². The predicted octanol–water partition coefficient (Wildman–Crippen LogP) is 1.16. The fourth-order valence-electron chi connectivity index (χ4n) is 1.45. The number of nitrogens with one attached hydrogen (secondary N) is 1. The Balaban J connectivity index is 2.92. The average molecular weight is 271 g/mol. The molecule has 18 heavy (non-hydrogen) atoms. The number of ketones is 1. The molecule has 98 valence electrons. The number of Topliss-reactive ketones (excluding diaryl/α,β-unsaturated/α-hetero) is 1. The molecule has 0 aliphatic heterocycles. The number of rotatable bonds is 4. The van der Waals surface area contributed by atoms with Crippen molar-refractivity contribution in [3.8, 4) is 0 Å². The van der Waals surface area contributed by atoms with Crippen LogP contribution in [0.3, 0.4) is 0 Å². The van der Waals surface area contributed by atoms with Crippen LogP contribution in [0.25, 0.3) is 0 Å². The first kappa shape index (κ1) is 14.3. The lowest BCUT2D eigenvalue weighted by Gasteiger charge is -2.07. The first-order valence-corrected chi connectivity index (χ1v) is 6.51. The number of anilines is 1. The highest BCUT2D eigenvalue weighted by atomic mass is 32.2. The highest BCUT2D eigenvalue weighted by Gasteiger charge is 2.13. The fraction of sp³-hybridized carbons (Fsp3) is 0.273. The first-order chi connectivity index (χ1) is 8.20. The second-order valence-electron chi connectivity index (χ2n) is 3.88. The van der Waals surface area contributed by atoms with E-state index in [1.807, 2.05) is 0 Å². The Morgan fingerprint density at radius 2 is 1.94 bits per heavy atom. The van der Waals surface area contributed by atoms with Crippen LogP contribution in [-0.2, 0) is 19.7 Å². The second-order valence-corrected chi connectivity index (χ2v) is 5.27. The molecule has 0 atom stereocenters. The highest BCUT2D eigenvalue weighted by Crippen LogP contribution is 2.19. The zero-order chi connectivity index (χ0) is 13.9. The number of amides is 1. The maximum Gasteiger partial charge on any atom is 0.294 e. The molecule has 7 heteroatoms. The molecular weight excluding hydrogens is 258 g/mol. The SMILES string of the molecule is CC(=O)CC(=O)Nc1ccc(S(=O)(=O)O)c(C)c1. The molecular formula is C11H13NO5S. The van der Waals surface area contributed by atoms with Gasteiger partial charge in [0.1, 0.15) is 5.78 Å². The van der Waals surface area contributed by atoms with E-state index in [-0.39, 0.29) is 17.1 Å². The lowest BCUT2D eigenvalue weighted by molar-refractivity contribution is -0.124. The van der Waals surface area contributed by atoms with Crippen LogP contribution >= 0.6 is 0 Å². The normalized spacial score (nSPS) is 11.1. The minimum atomic E-state index is -4.26. The van der Waals surface area contributed by atoms with Gasteiger partial charge in [-0.2, -0.15) is 8.42 Å². The van der Waals surface area contributed by atoms with Crippen molar-refractivity contribution in [1.29, 1.82) is 0 Å². The highest BCUT2D eigenvalue weighted by molar-refractivity contribution is 7.85. The van der Waals surface area contributed by atoms with Gasteiger partial charge < -0.3 is 5.32 Å². The average Bonchev–Trinajstić information content (AvgIpc) is 2.13. The summed E-state index contributed by atoms with van der Waals surface area (Å²) in [6, 6.07) is 3.93. The smallest absolute Gasteiger partial charge is 0.294 e. The van der Waals surface area contributed by atoms with Gasteiger partial charge >= 0.3 is 0 Å². The van der Waals surface area contributed by atoms with Gasteiger partial charge in [-0.15, -0.1) is 0 Å². The Bertz CT molecular complexity index is 591. The summed E-state index contributed by atoms with van der Waals surface area (Å²) in [5.41, 5.74) is 0.671. The summed E-state index contributed by atoms with van der Waals surface area (Å²) in [5.74, 6) is -0.736. The Labute approximate surface area is 105 Å².